The van der Waals surface area contributed by atoms with Gasteiger partial charge in [0.1, 0.15) is 5.75 Å². The fraction of sp³-hybridized carbons (Fsp3) is 0.294. The summed E-state index contributed by atoms with van der Waals surface area (Å²) in [6.45, 7) is 3.29. The summed E-state index contributed by atoms with van der Waals surface area (Å²) >= 11 is 0. The Bertz CT molecular complexity index is 572. The minimum atomic E-state index is -0.997. The SMILES string of the molecule is CC(=CCC(C=C(C)C(=O)O)COc1ccccc1)C(=O)O. The van der Waals surface area contributed by atoms with E-state index in [0.717, 1.165) is 0 Å². The lowest BCUT2D eigenvalue weighted by Gasteiger charge is -2.13. The molecule has 0 spiro atoms. The van der Waals surface area contributed by atoms with Crippen molar-refractivity contribution in [2.24, 2.45) is 5.92 Å². The highest BCUT2D eigenvalue weighted by molar-refractivity contribution is 5.86. The molecule has 0 amide bonds. The number of para-hydroxylation sites is 1. The Morgan fingerprint density at radius 2 is 1.68 bits per heavy atom. The number of benzene rings is 1. The molecule has 5 nitrogen and oxygen atoms in total. The van der Waals surface area contributed by atoms with Crippen LogP contribution in [0.5, 0.6) is 5.75 Å². The van der Waals surface area contributed by atoms with Gasteiger partial charge in [-0.1, -0.05) is 30.4 Å². The van der Waals surface area contributed by atoms with E-state index < -0.39 is 11.9 Å². The Morgan fingerprint density at radius 3 is 2.23 bits per heavy atom. The van der Waals surface area contributed by atoms with Gasteiger partial charge in [0.15, 0.2) is 0 Å². The van der Waals surface area contributed by atoms with Crippen molar-refractivity contribution in [3.63, 3.8) is 0 Å². The lowest BCUT2D eigenvalue weighted by molar-refractivity contribution is -0.133. The van der Waals surface area contributed by atoms with Gasteiger partial charge in [0.25, 0.3) is 0 Å². The number of carboxylic acid groups (broad SMARTS) is 2. The normalized spacial score (nSPS) is 13.5. The van der Waals surface area contributed by atoms with Crippen molar-refractivity contribution >= 4 is 11.9 Å². The highest BCUT2D eigenvalue weighted by Crippen LogP contribution is 2.16. The Balaban J connectivity index is 2.78. The highest BCUT2D eigenvalue weighted by atomic mass is 16.5. The van der Waals surface area contributed by atoms with Gasteiger partial charge >= 0.3 is 11.9 Å². The molecule has 2 N–H and O–H groups in total. The average molecular weight is 304 g/mol. The molecule has 0 fully saturated rings. The van der Waals surface area contributed by atoms with Crippen molar-refractivity contribution in [1.82, 2.24) is 0 Å². The van der Waals surface area contributed by atoms with Gasteiger partial charge in [-0.2, -0.15) is 0 Å². The van der Waals surface area contributed by atoms with Crippen molar-refractivity contribution in [2.75, 3.05) is 6.61 Å². The third-order valence-electron chi connectivity index (χ3n) is 3.09. The summed E-state index contributed by atoms with van der Waals surface area (Å²) in [6, 6.07) is 9.18. The van der Waals surface area contributed by atoms with Crippen LogP contribution in [0.25, 0.3) is 0 Å². The van der Waals surface area contributed by atoms with E-state index in [1.165, 1.54) is 13.8 Å². The second kappa shape index (κ2) is 8.67. The molecular formula is C17H20O5. The zero-order valence-corrected chi connectivity index (χ0v) is 12.7. The Morgan fingerprint density at radius 1 is 1.09 bits per heavy atom. The third-order valence-corrected chi connectivity index (χ3v) is 3.09. The van der Waals surface area contributed by atoms with E-state index in [-0.39, 0.29) is 23.7 Å². The molecule has 0 aliphatic heterocycles. The number of ether oxygens (including phenoxy) is 1. The number of aliphatic carboxylic acids is 2. The van der Waals surface area contributed by atoms with Gasteiger partial charge in [-0.3, -0.25) is 0 Å². The maximum atomic E-state index is 10.9. The van der Waals surface area contributed by atoms with Crippen LogP contribution in [-0.2, 0) is 9.59 Å². The molecule has 0 aliphatic carbocycles. The highest BCUT2D eigenvalue weighted by Gasteiger charge is 2.10. The fourth-order valence-corrected chi connectivity index (χ4v) is 1.74. The van der Waals surface area contributed by atoms with E-state index in [4.69, 9.17) is 14.9 Å². The molecule has 0 bridgehead atoms. The third kappa shape index (κ3) is 6.26. The van der Waals surface area contributed by atoms with Gasteiger partial charge < -0.3 is 14.9 Å². The predicted molar refractivity (Wildman–Crippen MR) is 82.8 cm³/mol. The molecule has 118 valence electrons. The zero-order valence-electron chi connectivity index (χ0n) is 12.7. The molecule has 0 radical (unpaired) electrons. The average Bonchev–Trinajstić information content (AvgIpc) is 2.50. The van der Waals surface area contributed by atoms with E-state index in [9.17, 15) is 9.59 Å². The first-order valence-electron chi connectivity index (χ1n) is 6.89. The molecule has 0 saturated heterocycles. The molecule has 1 atom stereocenters. The number of hydrogen-bond acceptors (Lipinski definition) is 3. The number of rotatable bonds is 8. The van der Waals surface area contributed by atoms with Gasteiger partial charge in [-0.05, 0) is 32.4 Å². The molecule has 0 aromatic heterocycles. The molecule has 1 aromatic rings. The first-order valence-corrected chi connectivity index (χ1v) is 6.89. The molecule has 0 aliphatic rings. The van der Waals surface area contributed by atoms with Crippen LogP contribution >= 0.6 is 0 Å². The largest absolute Gasteiger partial charge is 0.493 e. The number of allylic oxidation sites excluding steroid dienone is 1. The molecule has 1 unspecified atom stereocenters. The van der Waals surface area contributed by atoms with Crippen LogP contribution in [-0.4, -0.2) is 28.8 Å². The Kier molecular flexibility index (Phi) is 6.89. The van der Waals surface area contributed by atoms with Crippen molar-refractivity contribution in [1.29, 1.82) is 0 Å². The quantitative estimate of drug-likeness (QED) is 0.721. The molecule has 0 heterocycles. The van der Waals surface area contributed by atoms with Gasteiger partial charge in [0.05, 0.1) is 6.61 Å². The molecule has 0 saturated carbocycles. The van der Waals surface area contributed by atoms with Gasteiger partial charge in [0.2, 0.25) is 0 Å². The zero-order chi connectivity index (χ0) is 16.5. The summed E-state index contributed by atoms with van der Waals surface area (Å²) in [5.41, 5.74) is 0.439. The smallest absolute Gasteiger partial charge is 0.330 e. The van der Waals surface area contributed by atoms with Crippen LogP contribution < -0.4 is 4.74 Å². The Labute approximate surface area is 129 Å². The van der Waals surface area contributed by atoms with Crippen LogP contribution in [0.4, 0.5) is 0 Å². The lowest BCUT2D eigenvalue weighted by Crippen LogP contribution is -2.12. The summed E-state index contributed by atoms with van der Waals surface area (Å²) in [5.74, 6) is -1.51. The summed E-state index contributed by atoms with van der Waals surface area (Å²) in [7, 11) is 0. The van der Waals surface area contributed by atoms with Crippen LogP contribution in [0.2, 0.25) is 0 Å². The predicted octanol–water partition coefficient (Wildman–Crippen LogP) is 3.13. The summed E-state index contributed by atoms with van der Waals surface area (Å²) in [5, 5.41) is 17.8. The van der Waals surface area contributed by atoms with E-state index in [1.54, 1.807) is 12.2 Å². The monoisotopic (exact) mass is 304 g/mol. The van der Waals surface area contributed by atoms with E-state index >= 15 is 0 Å². The van der Waals surface area contributed by atoms with Crippen molar-refractivity contribution in [3.8, 4) is 5.75 Å². The lowest BCUT2D eigenvalue weighted by atomic mass is 10.0. The molecule has 1 rings (SSSR count). The van der Waals surface area contributed by atoms with Crippen LogP contribution in [0.15, 0.2) is 53.6 Å². The minimum Gasteiger partial charge on any atom is -0.493 e. The van der Waals surface area contributed by atoms with Crippen LogP contribution in [0.1, 0.15) is 20.3 Å². The Hall–Kier alpha value is -2.56. The van der Waals surface area contributed by atoms with E-state index in [2.05, 4.69) is 0 Å². The van der Waals surface area contributed by atoms with Gasteiger partial charge in [-0.15, -0.1) is 0 Å². The van der Waals surface area contributed by atoms with Crippen LogP contribution in [0.3, 0.4) is 0 Å². The van der Waals surface area contributed by atoms with Crippen molar-refractivity contribution < 1.29 is 24.5 Å². The fourth-order valence-electron chi connectivity index (χ4n) is 1.74. The minimum absolute atomic E-state index is 0.211. The second-order valence-corrected chi connectivity index (χ2v) is 4.97. The summed E-state index contributed by atoms with van der Waals surface area (Å²) < 4.78 is 5.63. The molecular weight excluding hydrogens is 284 g/mol. The maximum Gasteiger partial charge on any atom is 0.330 e. The number of hydrogen-bond donors (Lipinski definition) is 2. The van der Waals surface area contributed by atoms with Crippen molar-refractivity contribution in [3.05, 3.63) is 53.6 Å². The van der Waals surface area contributed by atoms with Crippen LogP contribution in [0, 0.1) is 5.92 Å². The van der Waals surface area contributed by atoms with Gasteiger partial charge in [-0.25, -0.2) is 9.59 Å². The molecule has 22 heavy (non-hydrogen) atoms. The standard InChI is InChI=1S/C17H20O5/c1-12(16(18)19)8-9-14(10-13(2)17(20)21)11-22-15-6-4-3-5-7-15/h3-8,10,14H,9,11H2,1-2H3,(H,18,19)(H,20,21). The van der Waals surface area contributed by atoms with Gasteiger partial charge in [0, 0.05) is 17.1 Å². The molecule has 1 aromatic carbocycles. The summed E-state index contributed by atoms with van der Waals surface area (Å²) in [6.07, 6.45) is 3.57. The topological polar surface area (TPSA) is 83.8 Å². The van der Waals surface area contributed by atoms with E-state index in [1.807, 2.05) is 30.3 Å². The first-order chi connectivity index (χ1) is 10.4. The second-order valence-electron chi connectivity index (χ2n) is 4.97. The number of carbonyl (C=O) groups is 2. The number of carboxylic acids is 2. The maximum absolute atomic E-state index is 10.9. The first kappa shape index (κ1) is 17.5. The van der Waals surface area contributed by atoms with Crippen molar-refractivity contribution in [2.45, 2.75) is 20.3 Å². The molecule has 5 heteroatoms. The van der Waals surface area contributed by atoms with E-state index in [0.29, 0.717) is 12.2 Å². The summed E-state index contributed by atoms with van der Waals surface area (Å²) in [4.78, 5) is 21.7.